The highest BCUT2D eigenvalue weighted by atomic mass is 79.9. The molecular formula is C15H17BrN2O2. The predicted octanol–water partition coefficient (Wildman–Crippen LogP) is 2.39. The molecule has 2 unspecified atom stereocenters. The van der Waals surface area contributed by atoms with E-state index in [0.29, 0.717) is 12.8 Å². The molecule has 2 aliphatic rings. The highest BCUT2D eigenvalue weighted by molar-refractivity contribution is 9.10. The molecule has 2 fully saturated rings. The lowest BCUT2D eigenvalue weighted by Crippen LogP contribution is -2.44. The van der Waals surface area contributed by atoms with Gasteiger partial charge in [0.15, 0.2) is 0 Å². The monoisotopic (exact) mass is 336 g/mol. The first-order chi connectivity index (χ1) is 9.65. The zero-order valence-corrected chi connectivity index (χ0v) is 12.7. The number of hydrogen-bond donors (Lipinski definition) is 1. The Kier molecular flexibility index (Phi) is 3.78. The van der Waals surface area contributed by atoms with Gasteiger partial charge in [0.1, 0.15) is 6.04 Å². The Hall–Kier alpha value is -1.36. The molecule has 0 bridgehead atoms. The van der Waals surface area contributed by atoms with E-state index in [2.05, 4.69) is 33.4 Å². The molecule has 1 N–H and O–H groups in total. The quantitative estimate of drug-likeness (QED) is 0.901. The Morgan fingerprint density at radius 3 is 2.65 bits per heavy atom. The summed E-state index contributed by atoms with van der Waals surface area (Å²) in [6, 6.07) is 7.97. The molecule has 0 spiro atoms. The van der Waals surface area contributed by atoms with E-state index >= 15 is 0 Å². The SMILES string of the molecule is O=C1CCC(C(=O)N2CCCC2c2ccc(Br)cc2)N1. The topological polar surface area (TPSA) is 49.4 Å². The number of nitrogens with one attached hydrogen (secondary N) is 1. The molecule has 5 heteroatoms. The standard InChI is InChI=1S/C15H17BrN2O2/c16-11-5-3-10(4-6-11)13-2-1-9-18(13)15(20)12-7-8-14(19)17-12/h3-6,12-13H,1-2,7-9H2,(H,17,19). The van der Waals surface area contributed by atoms with Gasteiger partial charge in [-0.05, 0) is 37.0 Å². The van der Waals surface area contributed by atoms with E-state index in [0.717, 1.165) is 23.9 Å². The average Bonchev–Trinajstić information content (AvgIpc) is 3.07. The summed E-state index contributed by atoms with van der Waals surface area (Å²) in [5.74, 6) is 0.0593. The fraction of sp³-hybridized carbons (Fsp3) is 0.467. The lowest BCUT2D eigenvalue weighted by molar-refractivity contribution is -0.135. The van der Waals surface area contributed by atoms with Gasteiger partial charge in [0, 0.05) is 17.4 Å². The van der Waals surface area contributed by atoms with E-state index < -0.39 is 0 Å². The minimum atomic E-state index is -0.321. The van der Waals surface area contributed by atoms with Crippen LogP contribution in [0.3, 0.4) is 0 Å². The predicted molar refractivity (Wildman–Crippen MR) is 79.0 cm³/mol. The molecule has 2 saturated heterocycles. The summed E-state index contributed by atoms with van der Waals surface area (Å²) in [6.45, 7) is 0.784. The van der Waals surface area contributed by atoms with Crippen LogP contribution in [0.15, 0.2) is 28.7 Å². The second-order valence-electron chi connectivity index (χ2n) is 5.40. The van der Waals surface area contributed by atoms with Gasteiger partial charge in [-0.2, -0.15) is 0 Å². The molecular weight excluding hydrogens is 320 g/mol. The lowest BCUT2D eigenvalue weighted by Gasteiger charge is -2.27. The number of halogens is 1. The Labute approximate surface area is 126 Å². The van der Waals surface area contributed by atoms with Crippen molar-refractivity contribution in [1.82, 2.24) is 10.2 Å². The Balaban J connectivity index is 1.76. The van der Waals surface area contributed by atoms with Crippen molar-refractivity contribution in [3.05, 3.63) is 34.3 Å². The van der Waals surface area contributed by atoms with Crippen molar-refractivity contribution in [3.63, 3.8) is 0 Å². The van der Waals surface area contributed by atoms with Crippen LogP contribution in [0.4, 0.5) is 0 Å². The van der Waals surface area contributed by atoms with Crippen molar-refractivity contribution in [2.75, 3.05) is 6.54 Å². The van der Waals surface area contributed by atoms with Gasteiger partial charge in [-0.3, -0.25) is 9.59 Å². The maximum absolute atomic E-state index is 12.5. The summed E-state index contributed by atoms with van der Waals surface area (Å²) in [5, 5.41) is 2.77. The van der Waals surface area contributed by atoms with Crippen molar-refractivity contribution in [3.8, 4) is 0 Å². The minimum absolute atomic E-state index is 0.0114. The highest BCUT2D eigenvalue weighted by Crippen LogP contribution is 2.33. The van der Waals surface area contributed by atoms with Crippen molar-refractivity contribution < 1.29 is 9.59 Å². The molecule has 0 aromatic heterocycles. The van der Waals surface area contributed by atoms with Gasteiger partial charge in [-0.1, -0.05) is 28.1 Å². The lowest BCUT2D eigenvalue weighted by atomic mass is 10.0. The molecule has 0 radical (unpaired) electrons. The molecule has 1 aromatic carbocycles. The summed E-state index contributed by atoms with van der Waals surface area (Å²) in [7, 11) is 0. The normalized spacial score (nSPS) is 25.9. The van der Waals surface area contributed by atoms with Gasteiger partial charge in [-0.15, -0.1) is 0 Å². The van der Waals surface area contributed by atoms with E-state index in [1.165, 1.54) is 5.56 Å². The average molecular weight is 337 g/mol. The van der Waals surface area contributed by atoms with Crippen molar-refractivity contribution in [2.24, 2.45) is 0 Å². The number of hydrogen-bond acceptors (Lipinski definition) is 2. The van der Waals surface area contributed by atoms with Gasteiger partial charge in [0.05, 0.1) is 6.04 Å². The third-order valence-electron chi connectivity index (χ3n) is 4.08. The number of rotatable bonds is 2. The number of carbonyl (C=O) groups is 2. The van der Waals surface area contributed by atoms with Crippen LogP contribution in [-0.4, -0.2) is 29.3 Å². The number of benzene rings is 1. The molecule has 0 saturated carbocycles. The third kappa shape index (κ3) is 2.59. The second kappa shape index (κ2) is 5.56. The molecule has 0 aliphatic carbocycles. The number of likely N-dealkylation sites (tertiary alicyclic amines) is 1. The summed E-state index contributed by atoms with van der Waals surface area (Å²) < 4.78 is 1.04. The summed E-state index contributed by atoms with van der Waals surface area (Å²) >= 11 is 3.43. The van der Waals surface area contributed by atoms with E-state index in [1.54, 1.807) is 0 Å². The summed E-state index contributed by atoms with van der Waals surface area (Å²) in [4.78, 5) is 25.8. The van der Waals surface area contributed by atoms with Gasteiger partial charge >= 0.3 is 0 Å². The Morgan fingerprint density at radius 1 is 1.25 bits per heavy atom. The summed E-state index contributed by atoms with van der Waals surface area (Å²) in [5.41, 5.74) is 1.17. The maximum atomic E-state index is 12.5. The van der Waals surface area contributed by atoms with Crippen LogP contribution in [0.1, 0.15) is 37.3 Å². The number of carbonyl (C=O) groups excluding carboxylic acids is 2. The van der Waals surface area contributed by atoms with Crippen molar-refractivity contribution in [1.29, 1.82) is 0 Å². The molecule has 4 nitrogen and oxygen atoms in total. The van der Waals surface area contributed by atoms with Crippen LogP contribution in [-0.2, 0) is 9.59 Å². The van der Waals surface area contributed by atoms with Crippen LogP contribution in [0.2, 0.25) is 0 Å². The molecule has 2 heterocycles. The minimum Gasteiger partial charge on any atom is -0.344 e. The molecule has 2 aliphatic heterocycles. The molecule has 3 rings (SSSR count). The number of nitrogens with zero attached hydrogens (tertiary/aromatic N) is 1. The first-order valence-corrected chi connectivity index (χ1v) is 7.80. The third-order valence-corrected chi connectivity index (χ3v) is 4.61. The highest BCUT2D eigenvalue weighted by Gasteiger charge is 2.36. The second-order valence-corrected chi connectivity index (χ2v) is 6.32. The fourth-order valence-electron chi connectivity index (χ4n) is 3.06. The fourth-order valence-corrected chi connectivity index (χ4v) is 3.33. The maximum Gasteiger partial charge on any atom is 0.245 e. The van der Waals surface area contributed by atoms with Crippen LogP contribution >= 0.6 is 15.9 Å². The van der Waals surface area contributed by atoms with Crippen LogP contribution < -0.4 is 5.32 Å². The Bertz CT molecular complexity index is 529. The van der Waals surface area contributed by atoms with Gasteiger partial charge in [0.25, 0.3) is 0 Å². The molecule has 1 aromatic rings. The van der Waals surface area contributed by atoms with Gasteiger partial charge in [-0.25, -0.2) is 0 Å². The zero-order valence-electron chi connectivity index (χ0n) is 11.1. The largest absolute Gasteiger partial charge is 0.344 e. The van der Waals surface area contributed by atoms with Crippen LogP contribution in [0.25, 0.3) is 0 Å². The number of amides is 2. The van der Waals surface area contributed by atoms with E-state index in [-0.39, 0.29) is 23.9 Å². The first-order valence-electron chi connectivity index (χ1n) is 7.00. The molecule has 2 atom stereocenters. The van der Waals surface area contributed by atoms with Crippen LogP contribution in [0.5, 0.6) is 0 Å². The summed E-state index contributed by atoms with van der Waals surface area (Å²) in [6.07, 6.45) is 3.11. The smallest absolute Gasteiger partial charge is 0.245 e. The van der Waals surface area contributed by atoms with Gasteiger partial charge < -0.3 is 10.2 Å². The zero-order chi connectivity index (χ0) is 14.1. The Morgan fingerprint density at radius 2 is 2.00 bits per heavy atom. The molecule has 2 amide bonds. The van der Waals surface area contributed by atoms with Crippen LogP contribution in [0, 0.1) is 0 Å². The van der Waals surface area contributed by atoms with E-state index in [1.807, 2.05) is 17.0 Å². The van der Waals surface area contributed by atoms with E-state index in [9.17, 15) is 9.59 Å². The van der Waals surface area contributed by atoms with Gasteiger partial charge in [0.2, 0.25) is 11.8 Å². The van der Waals surface area contributed by atoms with E-state index in [4.69, 9.17) is 0 Å². The molecule has 20 heavy (non-hydrogen) atoms. The first kappa shape index (κ1) is 13.6. The van der Waals surface area contributed by atoms with Crippen molar-refractivity contribution in [2.45, 2.75) is 37.8 Å². The molecule has 106 valence electrons. The van der Waals surface area contributed by atoms with Crippen molar-refractivity contribution >= 4 is 27.7 Å².